The maximum Gasteiger partial charge on any atom is 0.108 e. The summed E-state index contributed by atoms with van der Waals surface area (Å²) in [5.74, 6) is 0. The number of alkyl halides is 1. The molecule has 216 valence electrons. The van der Waals surface area contributed by atoms with Crippen LogP contribution < -0.4 is 5.32 Å². The molecule has 0 atom stereocenters. The Morgan fingerprint density at radius 2 is 2.02 bits per heavy atom. The second-order valence-corrected chi connectivity index (χ2v) is 10.2. The number of aromatic nitrogens is 1. The van der Waals surface area contributed by atoms with Crippen molar-refractivity contribution >= 4 is 17.5 Å². The van der Waals surface area contributed by atoms with Gasteiger partial charge in [0.1, 0.15) is 6.67 Å². The zero-order valence-electron chi connectivity index (χ0n) is 24.3. The van der Waals surface area contributed by atoms with Crippen molar-refractivity contribution < 1.29 is 14.0 Å². The first-order chi connectivity index (χ1) is 19.0. The average molecular weight is 552 g/mol. The highest BCUT2D eigenvalue weighted by Gasteiger charge is 2.36. The molecular formula is C32H43F2N5O. The number of rotatable bonds is 16. The lowest BCUT2D eigenvalue weighted by atomic mass is 9.95. The number of allylic oxidation sites excluding steroid dienone is 7. The monoisotopic (exact) mass is 551 g/mol. The number of nitrogens with one attached hydrogen (secondary N) is 1. The van der Waals surface area contributed by atoms with Gasteiger partial charge >= 0.3 is 0 Å². The van der Waals surface area contributed by atoms with E-state index < -0.39 is 12.3 Å². The zero-order chi connectivity index (χ0) is 29.7. The van der Waals surface area contributed by atoms with Gasteiger partial charge in [-0.05, 0) is 69.1 Å². The van der Waals surface area contributed by atoms with Gasteiger partial charge < -0.3 is 20.2 Å². The highest BCUT2D eigenvalue weighted by atomic mass is 19.2. The van der Waals surface area contributed by atoms with Crippen LogP contribution in [0.15, 0.2) is 96.3 Å². The molecule has 0 radical (unpaired) electrons. The Morgan fingerprint density at radius 1 is 1.30 bits per heavy atom. The second-order valence-electron chi connectivity index (χ2n) is 10.2. The lowest BCUT2D eigenvalue weighted by Gasteiger charge is -2.46. The number of anilines is 1. The molecule has 0 aliphatic carbocycles. The molecule has 8 heteroatoms. The fourth-order valence-corrected chi connectivity index (χ4v) is 4.40. The summed E-state index contributed by atoms with van der Waals surface area (Å²) in [6.45, 7) is 22.4. The van der Waals surface area contributed by atoms with Crippen molar-refractivity contribution in [2.75, 3.05) is 38.2 Å². The molecule has 2 N–H and O–H groups in total. The standard InChI is InChI=1S/C32H43F2N5O/c1-8-10-17-38(16-9-2)24(3)18-29(19-25(4)39-22-32(7,40)23-39)31-20-30(21-35-27(31)6)37-26(5)28(12-11-14-33)13-15-36-34/h8,11-13,15,18-21,37,40H,1,3,5,9-10,14,16-17,22-23H2,2,4,6-7H3/b12-11+,25-19+,28-13+,29-18+,36-15-. The first-order valence-electron chi connectivity index (χ1n) is 13.5. The van der Waals surface area contributed by atoms with Crippen LogP contribution in [0.1, 0.15) is 44.9 Å². The van der Waals surface area contributed by atoms with Gasteiger partial charge in [0.25, 0.3) is 0 Å². The van der Waals surface area contributed by atoms with Crippen molar-refractivity contribution in [2.24, 2.45) is 5.21 Å². The van der Waals surface area contributed by atoms with Gasteiger partial charge in [-0.3, -0.25) is 4.98 Å². The van der Waals surface area contributed by atoms with Gasteiger partial charge in [-0.15, -0.1) is 6.58 Å². The molecule has 0 unspecified atom stereocenters. The summed E-state index contributed by atoms with van der Waals surface area (Å²) in [5.41, 5.74) is 5.41. The normalized spacial score (nSPS) is 15.9. The quantitative estimate of drug-likeness (QED) is 0.133. The lowest BCUT2D eigenvalue weighted by Crippen LogP contribution is -2.58. The Hall–Kier alpha value is -3.78. The predicted octanol–water partition coefficient (Wildman–Crippen LogP) is 6.88. The van der Waals surface area contributed by atoms with E-state index in [0.29, 0.717) is 30.0 Å². The third kappa shape index (κ3) is 9.75. The van der Waals surface area contributed by atoms with Crippen molar-refractivity contribution in [3.05, 3.63) is 102 Å². The molecule has 0 aromatic carbocycles. The van der Waals surface area contributed by atoms with Crippen molar-refractivity contribution in [3.8, 4) is 0 Å². The summed E-state index contributed by atoms with van der Waals surface area (Å²) in [4.78, 5) is 8.99. The molecule has 0 bridgehead atoms. The number of likely N-dealkylation sites (tertiary alicyclic amines) is 1. The molecule has 1 saturated heterocycles. The number of β-amino-alcohol motifs (C(OH)–C–C–N with tert-alkyl or cyclic N) is 1. The first kappa shape index (κ1) is 32.4. The molecule has 6 nitrogen and oxygen atoms in total. The maximum absolute atomic E-state index is 12.7. The maximum atomic E-state index is 12.7. The number of aliphatic hydroxyl groups is 1. The van der Waals surface area contributed by atoms with E-state index in [2.05, 4.69) is 64.1 Å². The highest BCUT2D eigenvalue weighted by Crippen LogP contribution is 2.30. The van der Waals surface area contributed by atoms with Gasteiger partial charge in [-0.25, -0.2) is 4.39 Å². The van der Waals surface area contributed by atoms with Crippen LogP contribution in [0.2, 0.25) is 0 Å². The fourth-order valence-electron chi connectivity index (χ4n) is 4.40. The topological polar surface area (TPSA) is 64.0 Å². The first-order valence-corrected chi connectivity index (χ1v) is 13.5. The number of pyridine rings is 1. The summed E-state index contributed by atoms with van der Waals surface area (Å²) < 4.78 is 25.1. The van der Waals surface area contributed by atoms with E-state index >= 15 is 0 Å². The predicted molar refractivity (Wildman–Crippen MR) is 164 cm³/mol. The van der Waals surface area contributed by atoms with Crippen LogP contribution in [-0.4, -0.2) is 64.6 Å². The molecule has 1 aromatic rings. The molecule has 0 spiro atoms. The van der Waals surface area contributed by atoms with Gasteiger partial charge in [0, 0.05) is 54.5 Å². The Labute approximate surface area is 238 Å². The van der Waals surface area contributed by atoms with Gasteiger partial charge in [0.2, 0.25) is 0 Å². The van der Waals surface area contributed by atoms with E-state index in [-0.39, 0.29) is 0 Å². The summed E-state index contributed by atoms with van der Waals surface area (Å²) in [7, 11) is 0. The van der Waals surface area contributed by atoms with E-state index in [1.54, 1.807) is 6.20 Å². The molecular weight excluding hydrogens is 508 g/mol. The highest BCUT2D eigenvalue weighted by molar-refractivity contribution is 5.80. The SMILES string of the molecule is C=CCCN(CCC)C(=C)/C=C(\C=C(/C)N1CC(C)(O)C1)c1cc(NC(=C)C(/C=C/CF)=C/C=N\F)cnc1C. The minimum Gasteiger partial charge on any atom is -0.386 e. The third-order valence-corrected chi connectivity index (χ3v) is 6.49. The van der Waals surface area contributed by atoms with Gasteiger partial charge in [-0.2, -0.15) is 0 Å². The molecule has 2 heterocycles. The van der Waals surface area contributed by atoms with Crippen molar-refractivity contribution in [1.82, 2.24) is 14.8 Å². The van der Waals surface area contributed by atoms with E-state index in [1.165, 1.54) is 18.2 Å². The number of nitrogens with zero attached hydrogens (tertiary/aromatic N) is 4. The molecule has 0 saturated carbocycles. The largest absolute Gasteiger partial charge is 0.386 e. The van der Waals surface area contributed by atoms with Crippen LogP contribution in [0.25, 0.3) is 5.57 Å². The number of halogens is 2. The summed E-state index contributed by atoms with van der Waals surface area (Å²) in [5, 5.41) is 16.0. The van der Waals surface area contributed by atoms with E-state index in [4.69, 9.17) is 0 Å². The van der Waals surface area contributed by atoms with Crippen molar-refractivity contribution in [1.29, 1.82) is 0 Å². The van der Waals surface area contributed by atoms with Crippen LogP contribution in [-0.2, 0) is 0 Å². The number of hydrogen-bond acceptors (Lipinski definition) is 6. The molecule has 2 rings (SSSR count). The molecule has 40 heavy (non-hydrogen) atoms. The summed E-state index contributed by atoms with van der Waals surface area (Å²) >= 11 is 0. The number of hydrogen-bond donors (Lipinski definition) is 2. The second kappa shape index (κ2) is 15.7. The van der Waals surface area contributed by atoms with Crippen LogP contribution in [0, 0.1) is 6.92 Å². The van der Waals surface area contributed by atoms with Crippen LogP contribution >= 0.6 is 0 Å². The average Bonchev–Trinajstić information content (AvgIpc) is 2.90. The fraction of sp³-hybridized carbons (Fsp3) is 0.375. The Kier molecular flexibility index (Phi) is 12.7. The minimum absolute atomic E-state index is 0.434. The summed E-state index contributed by atoms with van der Waals surface area (Å²) in [6.07, 6.45) is 14.8. The van der Waals surface area contributed by atoms with Crippen LogP contribution in [0.4, 0.5) is 14.6 Å². The zero-order valence-corrected chi connectivity index (χ0v) is 24.3. The number of aryl methyl sites for hydroxylation is 1. The molecule has 1 aliphatic rings. The molecule has 1 aromatic heterocycles. The molecule has 1 fully saturated rings. The third-order valence-electron chi connectivity index (χ3n) is 6.49. The van der Waals surface area contributed by atoms with Gasteiger partial charge in [-0.1, -0.05) is 48.0 Å². The van der Waals surface area contributed by atoms with E-state index in [9.17, 15) is 14.0 Å². The van der Waals surface area contributed by atoms with E-state index in [1.807, 2.05) is 32.9 Å². The van der Waals surface area contributed by atoms with Crippen LogP contribution in [0.3, 0.4) is 0 Å². The van der Waals surface area contributed by atoms with Crippen LogP contribution in [0.5, 0.6) is 0 Å². The minimum atomic E-state index is -0.693. The molecule has 0 amide bonds. The Morgan fingerprint density at radius 3 is 2.62 bits per heavy atom. The van der Waals surface area contributed by atoms with E-state index in [0.717, 1.165) is 60.4 Å². The van der Waals surface area contributed by atoms with Gasteiger partial charge in [0.15, 0.2) is 0 Å². The van der Waals surface area contributed by atoms with Crippen molar-refractivity contribution in [2.45, 2.75) is 46.1 Å². The Bertz CT molecular complexity index is 1200. The van der Waals surface area contributed by atoms with Gasteiger partial charge in [0.05, 0.1) is 23.7 Å². The smallest absolute Gasteiger partial charge is 0.108 e. The lowest BCUT2D eigenvalue weighted by molar-refractivity contribution is -0.0663. The van der Waals surface area contributed by atoms with Crippen molar-refractivity contribution in [3.63, 3.8) is 0 Å². The summed E-state index contributed by atoms with van der Waals surface area (Å²) in [6, 6.07) is 1.97. The molecule has 1 aliphatic heterocycles. The Balaban J connectivity index is 2.51.